The van der Waals surface area contributed by atoms with Crippen molar-refractivity contribution >= 4 is 43.3 Å². The van der Waals surface area contributed by atoms with Crippen molar-refractivity contribution < 1.29 is 23.1 Å². The fourth-order valence-corrected chi connectivity index (χ4v) is 5.27. The number of ether oxygens (including phenoxy) is 1. The zero-order chi connectivity index (χ0) is 16.0. The molecule has 0 fully saturated rings. The molecule has 1 N–H and O–H groups in total. The highest BCUT2D eigenvalue weighted by molar-refractivity contribution is 9.11. The molecule has 7 nitrogen and oxygen atoms in total. The summed E-state index contributed by atoms with van der Waals surface area (Å²) >= 11 is 3.91. The number of hydrogen-bond acceptors (Lipinski definition) is 6. The number of carboxylic acid groups (broad SMARTS) is 1. The fraction of sp³-hybridized carbons (Fsp3) is 0.455. The van der Waals surface area contributed by atoms with E-state index in [2.05, 4.69) is 15.9 Å². The molecule has 1 aromatic heterocycles. The first kappa shape index (κ1) is 18.1. The van der Waals surface area contributed by atoms with Crippen LogP contribution in [-0.2, 0) is 14.8 Å². The second-order valence-electron chi connectivity index (χ2n) is 3.86. The Kier molecular flexibility index (Phi) is 6.76. The highest BCUT2D eigenvalue weighted by Gasteiger charge is 2.29. The number of thiophene rings is 1. The van der Waals surface area contributed by atoms with E-state index in [1.165, 1.54) is 7.11 Å². The van der Waals surface area contributed by atoms with E-state index < -0.39 is 16.0 Å². The largest absolute Gasteiger partial charge is 0.477 e. The van der Waals surface area contributed by atoms with Crippen molar-refractivity contribution in [2.45, 2.75) is 11.3 Å². The quantitative estimate of drug-likeness (QED) is 0.716. The first-order valence-corrected chi connectivity index (χ1v) is 8.78. The number of nitrogens with zero attached hydrogens (tertiary/aromatic N) is 2. The SMILES string of the molecule is COCCN(CCC#N)S(=O)(=O)c1cc(C(=O)O)sc1Br. The number of carbonyl (C=O) groups is 1. The molecule has 1 heterocycles. The molecule has 0 saturated heterocycles. The molecule has 1 aromatic rings. The third-order valence-corrected chi connectivity index (χ3v) is 6.64. The molecule has 0 unspecified atom stereocenters. The van der Waals surface area contributed by atoms with Crippen LogP contribution in [0, 0.1) is 11.3 Å². The van der Waals surface area contributed by atoms with Gasteiger partial charge in [-0.25, -0.2) is 13.2 Å². The molecule has 0 aliphatic carbocycles. The van der Waals surface area contributed by atoms with Crippen LogP contribution in [-0.4, -0.2) is 50.6 Å². The lowest BCUT2D eigenvalue weighted by molar-refractivity contribution is 0.0702. The summed E-state index contributed by atoms with van der Waals surface area (Å²) < 4.78 is 31.3. The zero-order valence-electron chi connectivity index (χ0n) is 11.1. The summed E-state index contributed by atoms with van der Waals surface area (Å²) in [6.07, 6.45) is 0.0382. The van der Waals surface area contributed by atoms with Gasteiger partial charge in [0.2, 0.25) is 10.0 Å². The van der Waals surface area contributed by atoms with Crippen molar-refractivity contribution in [1.82, 2.24) is 4.31 Å². The number of hydrogen-bond donors (Lipinski definition) is 1. The Morgan fingerprint density at radius 1 is 1.57 bits per heavy atom. The maximum atomic E-state index is 12.5. The average molecular weight is 397 g/mol. The molecular weight excluding hydrogens is 384 g/mol. The number of nitriles is 1. The molecule has 0 atom stereocenters. The van der Waals surface area contributed by atoms with Crippen LogP contribution in [0.3, 0.4) is 0 Å². The van der Waals surface area contributed by atoms with Crippen molar-refractivity contribution in [2.24, 2.45) is 0 Å². The molecule has 116 valence electrons. The van der Waals surface area contributed by atoms with Gasteiger partial charge in [-0.2, -0.15) is 9.57 Å². The highest BCUT2D eigenvalue weighted by atomic mass is 79.9. The van der Waals surface area contributed by atoms with Crippen LogP contribution < -0.4 is 0 Å². The average Bonchev–Trinajstić information content (AvgIpc) is 2.81. The predicted molar refractivity (Wildman–Crippen MR) is 79.8 cm³/mol. The predicted octanol–water partition coefficient (Wildman–Crippen LogP) is 1.76. The number of rotatable bonds is 8. The summed E-state index contributed by atoms with van der Waals surface area (Å²) in [5, 5.41) is 17.5. The summed E-state index contributed by atoms with van der Waals surface area (Å²) in [7, 11) is -2.44. The van der Waals surface area contributed by atoms with Gasteiger partial charge in [0.15, 0.2) is 0 Å². The van der Waals surface area contributed by atoms with Crippen molar-refractivity contribution in [1.29, 1.82) is 5.26 Å². The van der Waals surface area contributed by atoms with Crippen molar-refractivity contribution in [3.8, 4) is 6.07 Å². The molecule has 21 heavy (non-hydrogen) atoms. The van der Waals surface area contributed by atoms with Crippen LogP contribution in [0.25, 0.3) is 0 Å². The summed E-state index contributed by atoms with van der Waals surface area (Å²) in [5.74, 6) is -1.19. The molecule has 0 bridgehead atoms. The Labute approximate surface area is 134 Å². The maximum Gasteiger partial charge on any atom is 0.345 e. The van der Waals surface area contributed by atoms with E-state index in [0.717, 1.165) is 21.7 Å². The number of halogens is 1. The van der Waals surface area contributed by atoms with Crippen LogP contribution in [0.5, 0.6) is 0 Å². The molecule has 0 spiro atoms. The van der Waals surface area contributed by atoms with Crippen LogP contribution in [0.2, 0.25) is 0 Å². The number of methoxy groups -OCH3 is 1. The van der Waals surface area contributed by atoms with Crippen LogP contribution >= 0.6 is 27.3 Å². The lowest BCUT2D eigenvalue weighted by atomic mass is 10.4. The van der Waals surface area contributed by atoms with Gasteiger partial charge in [0.1, 0.15) is 9.77 Å². The molecular formula is C11H13BrN2O5S2. The monoisotopic (exact) mass is 396 g/mol. The van der Waals surface area contributed by atoms with Gasteiger partial charge in [0.25, 0.3) is 0 Å². The highest BCUT2D eigenvalue weighted by Crippen LogP contribution is 2.33. The van der Waals surface area contributed by atoms with Gasteiger partial charge in [0.05, 0.1) is 16.5 Å². The standard InChI is InChI=1S/C11H13BrN2O5S2/c1-19-6-5-14(4-2-3-13)21(17,18)9-7-8(11(15)16)20-10(9)12/h7H,2,4-6H2,1H3,(H,15,16). The second kappa shape index (κ2) is 7.86. The Morgan fingerprint density at radius 3 is 2.71 bits per heavy atom. The van der Waals surface area contributed by atoms with Crippen LogP contribution in [0.15, 0.2) is 14.7 Å². The van der Waals surface area contributed by atoms with Crippen molar-refractivity contribution in [2.75, 3.05) is 26.8 Å². The Bertz CT molecular complexity index is 650. The maximum absolute atomic E-state index is 12.5. The molecule has 0 aliphatic heterocycles. The van der Waals surface area contributed by atoms with E-state index in [1.54, 1.807) is 0 Å². The summed E-state index contributed by atoms with van der Waals surface area (Å²) in [6, 6.07) is 3.00. The molecule has 0 radical (unpaired) electrons. The van der Waals surface area contributed by atoms with E-state index in [4.69, 9.17) is 15.1 Å². The minimum Gasteiger partial charge on any atom is -0.477 e. The number of aromatic carboxylic acids is 1. The lowest BCUT2D eigenvalue weighted by Gasteiger charge is -2.20. The first-order chi connectivity index (χ1) is 9.84. The van der Waals surface area contributed by atoms with Gasteiger partial charge in [-0.05, 0) is 22.0 Å². The normalized spacial score (nSPS) is 11.5. The third kappa shape index (κ3) is 4.49. The van der Waals surface area contributed by atoms with Gasteiger partial charge in [-0.1, -0.05) is 0 Å². The molecule has 0 saturated carbocycles. The first-order valence-electron chi connectivity index (χ1n) is 5.73. The van der Waals surface area contributed by atoms with Crippen molar-refractivity contribution in [3.05, 3.63) is 14.7 Å². The van der Waals surface area contributed by atoms with Gasteiger partial charge in [0, 0.05) is 26.6 Å². The van der Waals surface area contributed by atoms with Crippen molar-refractivity contribution in [3.63, 3.8) is 0 Å². The lowest BCUT2D eigenvalue weighted by Crippen LogP contribution is -2.34. The molecule has 0 amide bonds. The van der Waals surface area contributed by atoms with Gasteiger partial charge in [-0.15, -0.1) is 11.3 Å². The van der Waals surface area contributed by atoms with E-state index in [1.807, 2.05) is 6.07 Å². The van der Waals surface area contributed by atoms with Gasteiger partial charge < -0.3 is 9.84 Å². The van der Waals surface area contributed by atoms with E-state index in [9.17, 15) is 13.2 Å². The van der Waals surface area contributed by atoms with E-state index >= 15 is 0 Å². The van der Waals surface area contributed by atoms with Crippen LogP contribution in [0.4, 0.5) is 0 Å². The van der Waals surface area contributed by atoms with Crippen LogP contribution in [0.1, 0.15) is 16.1 Å². The summed E-state index contributed by atoms with van der Waals surface area (Å²) in [5.41, 5.74) is 0. The Morgan fingerprint density at radius 2 is 2.24 bits per heavy atom. The number of sulfonamides is 1. The molecule has 0 aliphatic rings. The minimum atomic E-state index is -3.89. The summed E-state index contributed by atoms with van der Waals surface area (Å²) in [4.78, 5) is 10.7. The van der Waals surface area contributed by atoms with E-state index in [-0.39, 0.29) is 39.7 Å². The molecule has 0 aromatic carbocycles. The Balaban J connectivity index is 3.15. The second-order valence-corrected chi connectivity index (χ2v) is 8.14. The molecule has 1 rings (SSSR count). The summed E-state index contributed by atoms with van der Waals surface area (Å²) in [6.45, 7) is 0.288. The van der Waals surface area contributed by atoms with Gasteiger partial charge in [-0.3, -0.25) is 0 Å². The third-order valence-electron chi connectivity index (χ3n) is 2.50. The number of carboxylic acids is 1. The van der Waals surface area contributed by atoms with Gasteiger partial charge >= 0.3 is 5.97 Å². The Hall–Kier alpha value is -0.990. The molecule has 10 heteroatoms. The van der Waals surface area contributed by atoms with E-state index in [0.29, 0.717) is 0 Å². The zero-order valence-corrected chi connectivity index (χ0v) is 14.3. The minimum absolute atomic E-state index is 0.0207. The topological polar surface area (TPSA) is 108 Å². The smallest absolute Gasteiger partial charge is 0.345 e. The fourth-order valence-electron chi connectivity index (χ4n) is 1.49.